The van der Waals surface area contributed by atoms with Crippen LogP contribution in [0.15, 0.2) is 30.3 Å². The smallest absolute Gasteiger partial charge is 0.250 e. The molecule has 3 amide bonds. The Morgan fingerprint density at radius 2 is 1.91 bits per heavy atom. The van der Waals surface area contributed by atoms with Crippen molar-refractivity contribution in [1.82, 2.24) is 4.90 Å². The summed E-state index contributed by atoms with van der Waals surface area (Å²) in [5.74, 6) is -1.18. The first kappa shape index (κ1) is 19.4. The van der Waals surface area contributed by atoms with Crippen molar-refractivity contribution >= 4 is 40.7 Å². The lowest BCUT2D eigenvalue weighted by Gasteiger charge is -2.36. The SMILES string of the molecule is Cc1c(Cl)ccc2c1NC(=O)[C@@]21[C@@H]2C(=O)N(c3ccc4c(c3)OCO4)C(=O)[C@H]2[C@H]2CCCN21. The molecule has 5 heterocycles. The second kappa shape index (κ2) is 6.27. The highest BCUT2D eigenvalue weighted by molar-refractivity contribution is 6.32. The average Bonchev–Trinajstić information content (AvgIpc) is 3.57. The lowest BCUT2D eigenvalue weighted by Crippen LogP contribution is -2.54. The maximum absolute atomic E-state index is 14.0. The molecule has 4 atom stereocenters. The molecule has 8 nitrogen and oxygen atoms in total. The largest absolute Gasteiger partial charge is 0.454 e. The van der Waals surface area contributed by atoms with Crippen molar-refractivity contribution in [3.8, 4) is 11.5 Å². The number of nitrogens with zero attached hydrogens (tertiary/aromatic N) is 2. The van der Waals surface area contributed by atoms with Crippen molar-refractivity contribution in [1.29, 1.82) is 0 Å². The molecule has 3 saturated heterocycles. The second-order valence-electron chi connectivity index (χ2n) is 9.27. The number of hydrogen-bond acceptors (Lipinski definition) is 6. The molecule has 0 aliphatic carbocycles. The van der Waals surface area contributed by atoms with Crippen LogP contribution in [0.1, 0.15) is 24.0 Å². The molecule has 0 unspecified atom stereocenters. The Balaban J connectivity index is 1.41. The number of benzene rings is 2. The minimum Gasteiger partial charge on any atom is -0.454 e. The molecule has 2 aromatic rings. The van der Waals surface area contributed by atoms with E-state index in [0.29, 0.717) is 34.4 Å². The van der Waals surface area contributed by atoms with Crippen LogP contribution in [-0.2, 0) is 19.9 Å². The van der Waals surface area contributed by atoms with Crippen LogP contribution in [-0.4, -0.2) is 42.0 Å². The van der Waals surface area contributed by atoms with Crippen LogP contribution in [0.4, 0.5) is 11.4 Å². The van der Waals surface area contributed by atoms with Crippen molar-refractivity contribution in [2.24, 2.45) is 11.8 Å². The van der Waals surface area contributed by atoms with E-state index in [2.05, 4.69) is 10.2 Å². The lowest BCUT2D eigenvalue weighted by atomic mass is 9.75. The minimum atomic E-state index is -1.21. The van der Waals surface area contributed by atoms with Gasteiger partial charge in [0.05, 0.1) is 23.2 Å². The number of rotatable bonds is 1. The molecule has 33 heavy (non-hydrogen) atoms. The molecule has 0 saturated carbocycles. The van der Waals surface area contributed by atoms with Crippen LogP contribution in [0.25, 0.3) is 0 Å². The molecule has 7 rings (SSSR count). The average molecular weight is 466 g/mol. The Morgan fingerprint density at radius 1 is 1.09 bits per heavy atom. The molecule has 0 bridgehead atoms. The Labute approximate surface area is 194 Å². The van der Waals surface area contributed by atoms with Crippen molar-refractivity contribution in [3.63, 3.8) is 0 Å². The van der Waals surface area contributed by atoms with Crippen LogP contribution in [0, 0.1) is 18.8 Å². The molecule has 0 aromatic heterocycles. The van der Waals surface area contributed by atoms with E-state index in [1.807, 2.05) is 13.0 Å². The first-order valence-electron chi connectivity index (χ1n) is 11.1. The minimum absolute atomic E-state index is 0.102. The molecule has 1 spiro atoms. The predicted octanol–water partition coefficient (Wildman–Crippen LogP) is 2.81. The van der Waals surface area contributed by atoms with E-state index in [0.717, 1.165) is 24.0 Å². The predicted molar refractivity (Wildman–Crippen MR) is 118 cm³/mol. The van der Waals surface area contributed by atoms with Crippen molar-refractivity contribution in [3.05, 3.63) is 46.5 Å². The third kappa shape index (κ3) is 2.14. The number of nitrogens with one attached hydrogen (secondary N) is 1. The fraction of sp³-hybridized carbons (Fsp3) is 0.375. The van der Waals surface area contributed by atoms with Gasteiger partial charge >= 0.3 is 0 Å². The van der Waals surface area contributed by atoms with Crippen LogP contribution >= 0.6 is 11.6 Å². The Kier molecular flexibility index (Phi) is 3.68. The van der Waals surface area contributed by atoms with Gasteiger partial charge in [0.15, 0.2) is 11.5 Å². The van der Waals surface area contributed by atoms with Gasteiger partial charge in [-0.05, 0) is 50.1 Å². The first-order chi connectivity index (χ1) is 15.9. The third-order valence-electron chi connectivity index (χ3n) is 7.98. The fourth-order valence-corrected chi connectivity index (χ4v) is 6.83. The number of carbonyl (C=O) groups excluding carboxylic acids is 3. The monoisotopic (exact) mass is 465 g/mol. The summed E-state index contributed by atoms with van der Waals surface area (Å²) in [4.78, 5) is 44.8. The topological polar surface area (TPSA) is 88.2 Å². The van der Waals surface area contributed by atoms with Crippen LogP contribution < -0.4 is 19.7 Å². The summed E-state index contributed by atoms with van der Waals surface area (Å²) >= 11 is 6.34. The third-order valence-corrected chi connectivity index (χ3v) is 8.39. The Morgan fingerprint density at radius 3 is 2.76 bits per heavy atom. The van der Waals surface area contributed by atoms with Gasteiger partial charge in [-0.3, -0.25) is 19.3 Å². The van der Waals surface area contributed by atoms with Crippen molar-refractivity contribution in [2.45, 2.75) is 31.3 Å². The van der Waals surface area contributed by atoms with E-state index in [1.54, 1.807) is 24.3 Å². The Hall–Kier alpha value is -3.10. The molecule has 5 aliphatic rings. The van der Waals surface area contributed by atoms with Crippen LogP contribution in [0.2, 0.25) is 5.02 Å². The van der Waals surface area contributed by atoms with Gasteiger partial charge < -0.3 is 14.8 Å². The number of hydrogen-bond donors (Lipinski definition) is 1. The molecule has 9 heteroatoms. The highest BCUT2D eigenvalue weighted by atomic mass is 35.5. The number of imide groups is 1. The summed E-state index contributed by atoms with van der Waals surface area (Å²) in [6.45, 7) is 2.62. The molecular formula is C24H20ClN3O5. The molecule has 5 aliphatic heterocycles. The number of carbonyl (C=O) groups is 3. The van der Waals surface area contributed by atoms with E-state index in [9.17, 15) is 14.4 Å². The molecular weight excluding hydrogens is 446 g/mol. The fourth-order valence-electron chi connectivity index (χ4n) is 6.67. The highest BCUT2D eigenvalue weighted by Crippen LogP contribution is 2.61. The number of fused-ring (bicyclic) bond motifs is 8. The molecule has 3 fully saturated rings. The zero-order valence-electron chi connectivity index (χ0n) is 17.8. The van der Waals surface area contributed by atoms with Gasteiger partial charge in [0.2, 0.25) is 24.5 Å². The normalized spacial score (nSPS) is 31.4. The van der Waals surface area contributed by atoms with Gasteiger partial charge in [-0.1, -0.05) is 17.7 Å². The summed E-state index contributed by atoms with van der Waals surface area (Å²) < 4.78 is 10.8. The summed E-state index contributed by atoms with van der Waals surface area (Å²) in [6, 6.07) is 8.49. The summed E-state index contributed by atoms with van der Waals surface area (Å²) in [5.41, 5.74) is 1.38. The van der Waals surface area contributed by atoms with Gasteiger partial charge in [-0.15, -0.1) is 0 Å². The molecule has 0 radical (unpaired) electrons. The highest BCUT2D eigenvalue weighted by Gasteiger charge is 2.74. The van der Waals surface area contributed by atoms with E-state index in [-0.39, 0.29) is 30.6 Å². The van der Waals surface area contributed by atoms with Crippen molar-refractivity contribution in [2.75, 3.05) is 23.6 Å². The van der Waals surface area contributed by atoms with E-state index < -0.39 is 17.4 Å². The summed E-state index contributed by atoms with van der Waals surface area (Å²) in [7, 11) is 0. The quantitative estimate of drug-likeness (QED) is 0.652. The standard InChI is InChI=1S/C24H20ClN3O5/c1-11-14(25)6-5-13-20(11)26-23(31)24(13)19-18(15-3-2-8-27(15)24)21(29)28(22(19)30)12-4-7-16-17(9-12)33-10-32-16/h4-7,9,15,18-19H,2-3,8,10H2,1H3,(H,26,31)/t15-,18+,19+,24+/m1/s1. The Bertz CT molecular complexity index is 1300. The van der Waals surface area contributed by atoms with Gasteiger partial charge in [-0.25, -0.2) is 4.90 Å². The molecule has 168 valence electrons. The molecule has 1 N–H and O–H groups in total. The van der Waals surface area contributed by atoms with Gasteiger partial charge in [0.1, 0.15) is 5.54 Å². The van der Waals surface area contributed by atoms with E-state index in [1.165, 1.54) is 4.90 Å². The van der Waals surface area contributed by atoms with E-state index >= 15 is 0 Å². The van der Waals surface area contributed by atoms with Gasteiger partial charge in [0, 0.05) is 22.7 Å². The summed E-state index contributed by atoms with van der Waals surface area (Å²) in [5, 5.41) is 3.56. The molecule has 2 aromatic carbocycles. The lowest BCUT2D eigenvalue weighted by molar-refractivity contribution is -0.135. The first-order valence-corrected chi connectivity index (χ1v) is 11.5. The van der Waals surface area contributed by atoms with E-state index in [4.69, 9.17) is 21.1 Å². The maximum Gasteiger partial charge on any atom is 0.250 e. The zero-order valence-corrected chi connectivity index (χ0v) is 18.5. The maximum atomic E-state index is 14.0. The summed E-state index contributed by atoms with van der Waals surface area (Å²) in [6.07, 6.45) is 1.64. The zero-order chi connectivity index (χ0) is 22.6. The van der Waals surface area contributed by atoms with Crippen LogP contribution in [0.3, 0.4) is 0 Å². The van der Waals surface area contributed by atoms with Crippen molar-refractivity contribution < 1.29 is 23.9 Å². The number of amides is 3. The number of halogens is 1. The second-order valence-corrected chi connectivity index (χ2v) is 9.68. The van der Waals surface area contributed by atoms with Gasteiger partial charge in [0.25, 0.3) is 0 Å². The number of ether oxygens (including phenoxy) is 2. The van der Waals surface area contributed by atoms with Gasteiger partial charge in [-0.2, -0.15) is 0 Å². The van der Waals surface area contributed by atoms with Crippen LogP contribution in [0.5, 0.6) is 11.5 Å². The number of anilines is 2.